The van der Waals surface area contributed by atoms with Gasteiger partial charge in [-0.1, -0.05) is 48.5 Å². The van der Waals surface area contributed by atoms with E-state index in [1.807, 2.05) is 74.2 Å². The number of hydrogen-bond donors (Lipinski definition) is 1. The Kier molecular flexibility index (Phi) is 6.75. The van der Waals surface area contributed by atoms with Crippen LogP contribution in [0.5, 0.6) is 0 Å². The molecule has 0 radical (unpaired) electrons. The molecule has 1 heterocycles. The van der Waals surface area contributed by atoms with Crippen LogP contribution < -0.4 is 10.2 Å². The van der Waals surface area contributed by atoms with Crippen LogP contribution in [0.15, 0.2) is 60.7 Å². The number of nitrogens with zero attached hydrogens (tertiary/aromatic N) is 2. The molecular weight excluding hydrogens is 414 g/mol. The second-order valence-electron chi connectivity index (χ2n) is 10.2. The summed E-state index contributed by atoms with van der Waals surface area (Å²) in [5.41, 5.74) is 1.09. The summed E-state index contributed by atoms with van der Waals surface area (Å²) in [6.45, 7) is 7.65. The van der Waals surface area contributed by atoms with Gasteiger partial charge in [-0.3, -0.25) is 9.69 Å². The van der Waals surface area contributed by atoms with Gasteiger partial charge < -0.3 is 15.0 Å². The highest BCUT2D eigenvalue weighted by atomic mass is 16.6. The summed E-state index contributed by atoms with van der Waals surface area (Å²) >= 11 is 0. The molecule has 2 aromatic rings. The van der Waals surface area contributed by atoms with Gasteiger partial charge in [-0.25, -0.2) is 4.79 Å². The molecule has 2 aliphatic rings. The number of hydrogen-bond acceptors (Lipinski definition) is 4. The monoisotopic (exact) mass is 449 g/mol. The van der Waals surface area contributed by atoms with Crippen LogP contribution in [0, 0.1) is 0 Å². The molecule has 176 valence electrons. The fraction of sp³-hybridized carbons (Fsp3) is 0.481. The highest BCUT2D eigenvalue weighted by Crippen LogP contribution is 2.39. The summed E-state index contributed by atoms with van der Waals surface area (Å²) < 4.78 is 5.59. The summed E-state index contributed by atoms with van der Waals surface area (Å²) in [4.78, 5) is 29.8. The van der Waals surface area contributed by atoms with Crippen molar-refractivity contribution in [3.05, 3.63) is 66.2 Å². The first-order valence-corrected chi connectivity index (χ1v) is 11.9. The van der Waals surface area contributed by atoms with Crippen LogP contribution in [-0.4, -0.2) is 48.2 Å². The Morgan fingerprint density at radius 1 is 0.970 bits per heavy atom. The molecule has 33 heavy (non-hydrogen) atoms. The van der Waals surface area contributed by atoms with E-state index in [9.17, 15) is 9.59 Å². The summed E-state index contributed by atoms with van der Waals surface area (Å²) in [6, 6.07) is 20.4. The Morgan fingerprint density at radius 3 is 2.15 bits per heavy atom. The molecule has 0 unspecified atom stereocenters. The van der Waals surface area contributed by atoms with Crippen molar-refractivity contribution in [2.24, 2.45) is 0 Å². The van der Waals surface area contributed by atoms with E-state index in [1.165, 1.54) is 0 Å². The molecule has 1 saturated heterocycles. The molecule has 4 rings (SSSR count). The van der Waals surface area contributed by atoms with E-state index in [4.69, 9.17) is 4.74 Å². The van der Waals surface area contributed by atoms with Crippen molar-refractivity contribution in [2.45, 2.75) is 63.6 Å². The molecule has 0 atom stereocenters. The van der Waals surface area contributed by atoms with Crippen molar-refractivity contribution in [1.29, 1.82) is 0 Å². The Balaban J connectivity index is 1.42. The summed E-state index contributed by atoms with van der Waals surface area (Å²) in [6.07, 6.45) is 3.09. The van der Waals surface area contributed by atoms with Crippen LogP contribution >= 0.6 is 0 Å². The number of benzene rings is 2. The molecule has 0 spiro atoms. The molecule has 2 aromatic carbocycles. The maximum Gasteiger partial charge on any atom is 0.408 e. The fourth-order valence-corrected chi connectivity index (χ4v) is 5.09. The topological polar surface area (TPSA) is 61.9 Å². The second kappa shape index (κ2) is 9.56. The van der Waals surface area contributed by atoms with Crippen molar-refractivity contribution >= 4 is 17.7 Å². The summed E-state index contributed by atoms with van der Waals surface area (Å²) in [5, 5.41) is 3.21. The first-order valence-electron chi connectivity index (χ1n) is 11.9. The lowest BCUT2D eigenvalue weighted by atomic mass is 9.74. The maximum atomic E-state index is 12.9. The normalized spacial score (nSPS) is 24.4. The molecule has 1 aliphatic heterocycles. The van der Waals surface area contributed by atoms with Gasteiger partial charge in [0, 0.05) is 24.8 Å². The zero-order chi connectivity index (χ0) is 23.5. The van der Waals surface area contributed by atoms with Crippen molar-refractivity contribution < 1.29 is 14.3 Å². The third-order valence-electron chi connectivity index (χ3n) is 6.71. The number of nitrogens with one attached hydrogen (secondary N) is 1. The predicted octanol–water partition coefficient (Wildman–Crippen LogP) is 4.70. The predicted molar refractivity (Wildman–Crippen MR) is 130 cm³/mol. The lowest BCUT2D eigenvalue weighted by molar-refractivity contribution is -0.122. The minimum absolute atomic E-state index is 0.152. The number of rotatable bonds is 4. The standard InChI is InChI=1S/C27H35N3O3/c1-26(2,3)33-25(32)28-27(21-10-6-4-7-11-21)16-14-22(15-17-27)29-18-19-30(24(31)20-29)23-12-8-5-9-13-23/h4-13,22H,14-20H2,1-3H3,(H,28,32). The molecule has 0 aromatic heterocycles. The molecule has 1 saturated carbocycles. The highest BCUT2D eigenvalue weighted by Gasteiger charge is 2.41. The molecule has 2 amide bonds. The number of carbonyl (C=O) groups is 2. The van der Waals surface area contributed by atoms with Gasteiger partial charge in [0.15, 0.2) is 0 Å². The number of anilines is 1. The van der Waals surface area contributed by atoms with Crippen molar-refractivity contribution in [3.8, 4) is 0 Å². The zero-order valence-electron chi connectivity index (χ0n) is 19.9. The van der Waals surface area contributed by atoms with Gasteiger partial charge >= 0.3 is 6.09 Å². The number of amides is 2. The number of piperazine rings is 1. The minimum Gasteiger partial charge on any atom is -0.444 e. The van der Waals surface area contributed by atoms with Gasteiger partial charge in [-0.2, -0.15) is 0 Å². The number of ether oxygens (including phenoxy) is 1. The van der Waals surface area contributed by atoms with E-state index in [1.54, 1.807) is 0 Å². The van der Waals surface area contributed by atoms with E-state index < -0.39 is 11.1 Å². The Hall–Kier alpha value is -2.86. The van der Waals surface area contributed by atoms with Gasteiger partial charge in [0.05, 0.1) is 12.1 Å². The van der Waals surface area contributed by atoms with Crippen LogP contribution in [0.3, 0.4) is 0 Å². The van der Waals surface area contributed by atoms with E-state index in [0.717, 1.165) is 43.5 Å². The average molecular weight is 450 g/mol. The van der Waals surface area contributed by atoms with E-state index >= 15 is 0 Å². The SMILES string of the molecule is CC(C)(C)OC(=O)NC1(c2ccccc2)CCC(N2CCN(c3ccccc3)C(=O)C2)CC1. The third-order valence-corrected chi connectivity index (χ3v) is 6.71. The first-order chi connectivity index (χ1) is 15.8. The van der Waals surface area contributed by atoms with Crippen LogP contribution in [-0.2, 0) is 15.1 Å². The van der Waals surface area contributed by atoms with Crippen LogP contribution in [0.25, 0.3) is 0 Å². The van der Waals surface area contributed by atoms with E-state index in [0.29, 0.717) is 19.1 Å². The highest BCUT2D eigenvalue weighted by molar-refractivity contribution is 5.95. The van der Waals surface area contributed by atoms with Gasteiger partial charge in [0.2, 0.25) is 5.91 Å². The zero-order valence-corrected chi connectivity index (χ0v) is 19.9. The Morgan fingerprint density at radius 2 is 1.58 bits per heavy atom. The van der Waals surface area contributed by atoms with Crippen LogP contribution in [0.4, 0.5) is 10.5 Å². The minimum atomic E-state index is -0.544. The van der Waals surface area contributed by atoms with Gasteiger partial charge in [0.1, 0.15) is 5.60 Å². The first kappa shape index (κ1) is 23.3. The summed E-state index contributed by atoms with van der Waals surface area (Å²) in [7, 11) is 0. The molecule has 2 fully saturated rings. The molecule has 6 heteroatoms. The third kappa shape index (κ3) is 5.56. The van der Waals surface area contributed by atoms with Crippen LogP contribution in [0.1, 0.15) is 52.0 Å². The van der Waals surface area contributed by atoms with E-state index in [-0.39, 0.29) is 12.0 Å². The number of carbonyl (C=O) groups excluding carboxylic acids is 2. The Labute approximate surface area is 196 Å². The average Bonchev–Trinajstić information content (AvgIpc) is 2.79. The second-order valence-corrected chi connectivity index (χ2v) is 10.2. The van der Waals surface area contributed by atoms with E-state index in [2.05, 4.69) is 22.3 Å². The van der Waals surface area contributed by atoms with Crippen molar-refractivity contribution in [2.75, 3.05) is 24.5 Å². The largest absolute Gasteiger partial charge is 0.444 e. The molecule has 6 nitrogen and oxygen atoms in total. The molecule has 1 aliphatic carbocycles. The van der Waals surface area contributed by atoms with Gasteiger partial charge in [-0.05, 0) is 64.2 Å². The van der Waals surface area contributed by atoms with Gasteiger partial charge in [0.25, 0.3) is 0 Å². The molecule has 1 N–H and O–H groups in total. The molecular formula is C27H35N3O3. The lowest BCUT2D eigenvalue weighted by Crippen LogP contribution is -2.57. The van der Waals surface area contributed by atoms with Gasteiger partial charge in [-0.15, -0.1) is 0 Å². The quantitative estimate of drug-likeness (QED) is 0.735. The number of para-hydroxylation sites is 1. The summed E-state index contributed by atoms with van der Waals surface area (Å²) in [5.74, 6) is 0.152. The number of alkyl carbamates (subject to hydrolysis) is 1. The van der Waals surface area contributed by atoms with Crippen molar-refractivity contribution in [3.63, 3.8) is 0 Å². The van der Waals surface area contributed by atoms with Crippen LogP contribution in [0.2, 0.25) is 0 Å². The molecule has 0 bridgehead atoms. The smallest absolute Gasteiger partial charge is 0.408 e. The van der Waals surface area contributed by atoms with Crippen molar-refractivity contribution in [1.82, 2.24) is 10.2 Å². The maximum absolute atomic E-state index is 12.9. The fourth-order valence-electron chi connectivity index (χ4n) is 5.09. The lowest BCUT2D eigenvalue weighted by Gasteiger charge is -2.46. The Bertz CT molecular complexity index is 948.